The molecular formula is C14H19N6O2. The van der Waals surface area contributed by atoms with Gasteiger partial charge < -0.3 is 27.4 Å². The minimum atomic E-state index is -1.47. The lowest BCUT2D eigenvalue weighted by Gasteiger charge is -2.25. The first-order chi connectivity index (χ1) is 10.5. The maximum absolute atomic E-state index is 12.4. The highest BCUT2D eigenvalue weighted by atomic mass is 16.2. The summed E-state index contributed by atoms with van der Waals surface area (Å²) in [6.07, 6.45) is 0.771. The molecule has 0 saturated heterocycles. The fourth-order valence-corrected chi connectivity index (χ4v) is 2.35. The van der Waals surface area contributed by atoms with E-state index in [0.717, 1.165) is 5.56 Å². The van der Waals surface area contributed by atoms with Gasteiger partial charge in [-0.2, -0.15) is 0 Å². The molecular weight excluding hydrogens is 284 g/mol. The van der Waals surface area contributed by atoms with Crippen molar-refractivity contribution in [1.29, 1.82) is 5.41 Å². The summed E-state index contributed by atoms with van der Waals surface area (Å²) in [6.45, 7) is 0.806. The molecule has 1 heterocycles. The molecule has 0 spiro atoms. The smallest absolute Gasteiger partial charge is 0.255 e. The Morgan fingerprint density at radius 2 is 2.09 bits per heavy atom. The Hall–Kier alpha value is -2.77. The van der Waals surface area contributed by atoms with Gasteiger partial charge in [-0.05, 0) is 30.2 Å². The standard InChI is InChI=1S/C14H19N6O2/c15-11(21)14(8-9-4-1-2-5-10(9)20-14)12(22)18-6-3-7-19-13(16)17/h2,4-5,20H,3,6-8H2,(H2,15,21)(H,18,22)(H4,16,17,19). The van der Waals surface area contributed by atoms with E-state index in [1.54, 1.807) is 18.2 Å². The second-order valence-corrected chi connectivity index (χ2v) is 5.10. The van der Waals surface area contributed by atoms with Crippen LogP contribution < -0.4 is 27.4 Å². The number of hydrogen-bond acceptors (Lipinski definition) is 4. The van der Waals surface area contributed by atoms with Crippen molar-refractivity contribution in [2.75, 3.05) is 18.4 Å². The van der Waals surface area contributed by atoms with Gasteiger partial charge in [0, 0.05) is 25.2 Å². The van der Waals surface area contributed by atoms with Gasteiger partial charge >= 0.3 is 0 Å². The third kappa shape index (κ3) is 3.11. The summed E-state index contributed by atoms with van der Waals surface area (Å²) in [6, 6.07) is 8.10. The SMILES string of the molecule is N=C(N)NCCCNC(=O)C1(C(N)=O)Cc2c[c]ccc2N1. The summed E-state index contributed by atoms with van der Waals surface area (Å²) in [5.41, 5.74) is 10.7. The lowest BCUT2D eigenvalue weighted by atomic mass is 9.93. The third-order valence-corrected chi connectivity index (χ3v) is 3.52. The molecule has 0 saturated carbocycles. The zero-order valence-corrected chi connectivity index (χ0v) is 12.0. The van der Waals surface area contributed by atoms with E-state index in [2.05, 4.69) is 22.0 Å². The molecule has 1 aromatic carbocycles. The molecule has 1 radical (unpaired) electrons. The first-order valence-electron chi connectivity index (χ1n) is 6.89. The van der Waals surface area contributed by atoms with Crippen molar-refractivity contribution < 1.29 is 9.59 Å². The van der Waals surface area contributed by atoms with Crippen molar-refractivity contribution in [1.82, 2.24) is 10.6 Å². The number of carbonyl (C=O) groups excluding carboxylic acids is 2. The van der Waals surface area contributed by atoms with Crippen LogP contribution in [0.5, 0.6) is 0 Å². The van der Waals surface area contributed by atoms with Crippen LogP contribution >= 0.6 is 0 Å². The van der Waals surface area contributed by atoms with Gasteiger partial charge in [-0.3, -0.25) is 15.0 Å². The molecule has 2 amide bonds. The molecule has 0 bridgehead atoms. The highest BCUT2D eigenvalue weighted by Crippen LogP contribution is 2.32. The largest absolute Gasteiger partial charge is 0.370 e. The average Bonchev–Trinajstić information content (AvgIpc) is 2.87. The van der Waals surface area contributed by atoms with Crippen LogP contribution in [-0.2, 0) is 16.0 Å². The van der Waals surface area contributed by atoms with Crippen LogP contribution in [0.15, 0.2) is 18.2 Å². The first kappa shape index (κ1) is 15.6. The third-order valence-electron chi connectivity index (χ3n) is 3.52. The number of anilines is 1. The molecule has 8 nitrogen and oxygen atoms in total. The van der Waals surface area contributed by atoms with Gasteiger partial charge in [-0.1, -0.05) is 6.07 Å². The van der Waals surface area contributed by atoms with Gasteiger partial charge in [0.15, 0.2) is 11.5 Å². The van der Waals surface area contributed by atoms with Gasteiger partial charge in [0.25, 0.3) is 11.8 Å². The number of benzene rings is 1. The predicted molar refractivity (Wildman–Crippen MR) is 82.1 cm³/mol. The lowest BCUT2D eigenvalue weighted by Crippen LogP contribution is -2.60. The number of amides is 2. The van der Waals surface area contributed by atoms with Crippen LogP contribution in [0.4, 0.5) is 5.69 Å². The Kier molecular flexibility index (Phi) is 4.50. The van der Waals surface area contributed by atoms with Crippen molar-refractivity contribution in [3.05, 3.63) is 29.8 Å². The molecule has 8 N–H and O–H groups in total. The average molecular weight is 303 g/mol. The summed E-state index contributed by atoms with van der Waals surface area (Å²) in [5.74, 6) is -1.30. The number of hydrogen-bond donors (Lipinski definition) is 6. The second kappa shape index (κ2) is 6.33. The number of rotatable bonds is 6. The number of primary amides is 1. The quantitative estimate of drug-likeness (QED) is 0.167. The maximum atomic E-state index is 12.4. The number of fused-ring (bicyclic) bond motifs is 1. The molecule has 8 heteroatoms. The van der Waals surface area contributed by atoms with E-state index in [1.165, 1.54) is 0 Å². The highest BCUT2D eigenvalue weighted by Gasteiger charge is 2.48. The fourth-order valence-electron chi connectivity index (χ4n) is 2.35. The van der Waals surface area contributed by atoms with E-state index >= 15 is 0 Å². The molecule has 1 atom stereocenters. The van der Waals surface area contributed by atoms with Gasteiger partial charge in [-0.15, -0.1) is 0 Å². The van der Waals surface area contributed by atoms with Gasteiger partial charge in [0.05, 0.1) is 0 Å². The Balaban J connectivity index is 1.97. The Morgan fingerprint density at radius 1 is 1.36 bits per heavy atom. The zero-order chi connectivity index (χ0) is 16.2. The fraction of sp³-hybridized carbons (Fsp3) is 0.357. The van der Waals surface area contributed by atoms with Crippen LogP contribution in [0.3, 0.4) is 0 Å². The summed E-state index contributed by atoms with van der Waals surface area (Å²) in [4.78, 5) is 24.2. The minimum absolute atomic E-state index is 0.121. The zero-order valence-electron chi connectivity index (χ0n) is 12.0. The van der Waals surface area contributed by atoms with Gasteiger partial charge in [-0.25, -0.2) is 0 Å². The predicted octanol–water partition coefficient (Wildman–Crippen LogP) is -1.33. The number of carbonyl (C=O) groups is 2. The van der Waals surface area contributed by atoms with Gasteiger partial charge in [0.2, 0.25) is 0 Å². The van der Waals surface area contributed by atoms with Crippen molar-refractivity contribution in [2.45, 2.75) is 18.4 Å². The Bertz CT molecular complexity index is 576. The molecule has 1 unspecified atom stereocenters. The lowest BCUT2D eigenvalue weighted by molar-refractivity contribution is -0.134. The molecule has 0 aromatic heterocycles. The maximum Gasteiger partial charge on any atom is 0.255 e. The molecule has 2 rings (SSSR count). The van der Waals surface area contributed by atoms with Crippen molar-refractivity contribution >= 4 is 23.5 Å². The number of nitrogens with two attached hydrogens (primary N) is 2. The Morgan fingerprint density at radius 3 is 2.73 bits per heavy atom. The number of nitrogens with one attached hydrogen (secondary N) is 4. The molecule has 117 valence electrons. The first-order valence-corrected chi connectivity index (χ1v) is 6.89. The molecule has 22 heavy (non-hydrogen) atoms. The molecule has 0 aliphatic carbocycles. The van der Waals surface area contributed by atoms with E-state index in [-0.39, 0.29) is 12.4 Å². The van der Waals surface area contributed by atoms with E-state index in [0.29, 0.717) is 25.2 Å². The van der Waals surface area contributed by atoms with Gasteiger partial charge in [0.1, 0.15) is 0 Å². The summed E-state index contributed by atoms with van der Waals surface area (Å²) < 4.78 is 0. The highest BCUT2D eigenvalue weighted by molar-refractivity contribution is 6.13. The van der Waals surface area contributed by atoms with E-state index < -0.39 is 17.4 Å². The summed E-state index contributed by atoms with van der Waals surface area (Å²) >= 11 is 0. The molecule has 1 aliphatic rings. The van der Waals surface area contributed by atoms with Crippen LogP contribution in [-0.4, -0.2) is 36.4 Å². The van der Waals surface area contributed by atoms with Crippen molar-refractivity contribution in [3.63, 3.8) is 0 Å². The monoisotopic (exact) mass is 303 g/mol. The topological polar surface area (TPSA) is 146 Å². The molecule has 1 aromatic rings. The second-order valence-electron chi connectivity index (χ2n) is 5.10. The normalized spacial score (nSPS) is 18.9. The van der Waals surface area contributed by atoms with Crippen LogP contribution in [0.2, 0.25) is 0 Å². The Labute approximate surface area is 128 Å². The van der Waals surface area contributed by atoms with Crippen molar-refractivity contribution in [2.24, 2.45) is 11.5 Å². The number of guanidine groups is 1. The van der Waals surface area contributed by atoms with Crippen molar-refractivity contribution in [3.8, 4) is 0 Å². The van der Waals surface area contributed by atoms with E-state index in [4.69, 9.17) is 16.9 Å². The minimum Gasteiger partial charge on any atom is -0.370 e. The molecule has 0 fully saturated rings. The van der Waals surface area contributed by atoms with E-state index in [9.17, 15) is 9.59 Å². The van der Waals surface area contributed by atoms with Crippen LogP contribution in [0, 0.1) is 11.5 Å². The summed E-state index contributed by atoms with van der Waals surface area (Å²) in [7, 11) is 0. The summed E-state index contributed by atoms with van der Waals surface area (Å²) in [5, 5.41) is 15.3. The molecule has 1 aliphatic heterocycles. The van der Waals surface area contributed by atoms with Crippen LogP contribution in [0.25, 0.3) is 0 Å². The van der Waals surface area contributed by atoms with E-state index in [1.807, 2.05) is 0 Å². The van der Waals surface area contributed by atoms with Crippen LogP contribution in [0.1, 0.15) is 12.0 Å².